The molecule has 0 saturated heterocycles. The van der Waals surface area contributed by atoms with E-state index in [9.17, 15) is 0 Å². The van der Waals surface area contributed by atoms with Crippen molar-refractivity contribution in [1.82, 2.24) is 5.32 Å². The zero-order valence-corrected chi connectivity index (χ0v) is 13.1. The Labute approximate surface area is 116 Å². The van der Waals surface area contributed by atoms with Crippen LogP contribution in [0.2, 0.25) is 5.02 Å². The summed E-state index contributed by atoms with van der Waals surface area (Å²) in [5, 5.41) is 4.04. The summed E-state index contributed by atoms with van der Waals surface area (Å²) in [4.78, 5) is 2.25. The molecule has 0 aliphatic rings. The molecule has 0 spiro atoms. The predicted molar refractivity (Wildman–Crippen MR) is 81.7 cm³/mol. The van der Waals surface area contributed by atoms with Crippen LogP contribution in [0.5, 0.6) is 0 Å². The van der Waals surface area contributed by atoms with E-state index in [1.54, 1.807) is 0 Å². The number of halogens is 1. The fourth-order valence-electron chi connectivity index (χ4n) is 2.06. The Kier molecular flexibility index (Phi) is 5.06. The van der Waals surface area contributed by atoms with Crippen LogP contribution in [-0.4, -0.2) is 20.6 Å². The molecule has 1 unspecified atom stereocenters. The Hall–Kier alpha value is -0.730. The SMILES string of the molecule is CNC(C)c1ccc(N(C)CC(C)(C)C)cc1Cl. The quantitative estimate of drug-likeness (QED) is 0.884. The third-order valence-electron chi connectivity index (χ3n) is 3.04. The van der Waals surface area contributed by atoms with E-state index in [-0.39, 0.29) is 11.5 Å². The van der Waals surface area contributed by atoms with Crippen LogP contribution in [0, 0.1) is 5.41 Å². The van der Waals surface area contributed by atoms with E-state index in [1.165, 1.54) is 5.69 Å². The molecule has 0 heterocycles. The zero-order valence-electron chi connectivity index (χ0n) is 12.3. The second kappa shape index (κ2) is 5.94. The van der Waals surface area contributed by atoms with E-state index in [0.717, 1.165) is 17.1 Å². The highest BCUT2D eigenvalue weighted by molar-refractivity contribution is 6.31. The lowest BCUT2D eigenvalue weighted by molar-refractivity contribution is 0.419. The molecular weight excluding hydrogens is 244 g/mol. The second-order valence-electron chi connectivity index (χ2n) is 6.13. The molecule has 0 fully saturated rings. The minimum atomic E-state index is 0.276. The highest BCUT2D eigenvalue weighted by Crippen LogP contribution is 2.28. The monoisotopic (exact) mass is 268 g/mol. The van der Waals surface area contributed by atoms with Crippen molar-refractivity contribution >= 4 is 17.3 Å². The van der Waals surface area contributed by atoms with Gasteiger partial charge in [-0.15, -0.1) is 0 Å². The molecular formula is C15H25ClN2. The molecule has 0 bridgehead atoms. The summed E-state index contributed by atoms with van der Waals surface area (Å²) in [5.41, 5.74) is 2.59. The lowest BCUT2D eigenvalue weighted by Crippen LogP contribution is -2.29. The Morgan fingerprint density at radius 3 is 2.39 bits per heavy atom. The largest absolute Gasteiger partial charge is 0.374 e. The molecule has 1 atom stereocenters. The third-order valence-corrected chi connectivity index (χ3v) is 3.36. The van der Waals surface area contributed by atoms with Gasteiger partial charge in [-0.05, 0) is 37.1 Å². The van der Waals surface area contributed by atoms with E-state index < -0.39 is 0 Å². The van der Waals surface area contributed by atoms with Crippen LogP contribution in [-0.2, 0) is 0 Å². The van der Waals surface area contributed by atoms with Crippen LogP contribution >= 0.6 is 11.6 Å². The van der Waals surface area contributed by atoms with E-state index >= 15 is 0 Å². The molecule has 0 aliphatic carbocycles. The van der Waals surface area contributed by atoms with Crippen LogP contribution in [0.1, 0.15) is 39.3 Å². The van der Waals surface area contributed by atoms with E-state index in [4.69, 9.17) is 11.6 Å². The summed E-state index contributed by atoms with van der Waals surface area (Å²) in [6, 6.07) is 6.58. The zero-order chi connectivity index (χ0) is 13.9. The average molecular weight is 269 g/mol. The maximum atomic E-state index is 6.35. The summed E-state index contributed by atoms with van der Waals surface area (Å²) in [6.07, 6.45) is 0. The van der Waals surface area contributed by atoms with Crippen LogP contribution in [0.4, 0.5) is 5.69 Å². The smallest absolute Gasteiger partial charge is 0.0474 e. The average Bonchev–Trinajstić information content (AvgIpc) is 2.25. The van der Waals surface area contributed by atoms with Gasteiger partial charge in [0.15, 0.2) is 0 Å². The van der Waals surface area contributed by atoms with Crippen molar-refractivity contribution in [3.8, 4) is 0 Å². The Morgan fingerprint density at radius 2 is 1.94 bits per heavy atom. The third kappa shape index (κ3) is 4.18. The summed E-state index contributed by atoms with van der Waals surface area (Å²) < 4.78 is 0. The summed E-state index contributed by atoms with van der Waals surface area (Å²) >= 11 is 6.35. The van der Waals surface area contributed by atoms with Gasteiger partial charge in [-0.25, -0.2) is 0 Å². The molecule has 1 aromatic rings. The number of hydrogen-bond donors (Lipinski definition) is 1. The van der Waals surface area contributed by atoms with Crippen LogP contribution < -0.4 is 10.2 Å². The van der Waals surface area contributed by atoms with Gasteiger partial charge < -0.3 is 10.2 Å². The molecule has 1 aromatic carbocycles. The number of nitrogens with one attached hydrogen (secondary N) is 1. The molecule has 0 amide bonds. The Bertz CT molecular complexity index is 396. The van der Waals surface area contributed by atoms with Gasteiger partial charge in [0.2, 0.25) is 0 Å². The number of nitrogens with zero attached hydrogens (tertiary/aromatic N) is 1. The summed E-state index contributed by atoms with van der Waals surface area (Å²) in [6.45, 7) is 9.83. The molecule has 2 nitrogen and oxygen atoms in total. The van der Waals surface area contributed by atoms with Crippen LogP contribution in [0.3, 0.4) is 0 Å². The first-order chi connectivity index (χ1) is 8.24. The van der Waals surface area contributed by atoms with E-state index in [0.29, 0.717) is 0 Å². The maximum absolute atomic E-state index is 6.35. The molecule has 18 heavy (non-hydrogen) atoms. The maximum Gasteiger partial charge on any atom is 0.0474 e. The second-order valence-corrected chi connectivity index (χ2v) is 6.54. The number of anilines is 1. The van der Waals surface area contributed by atoms with Crippen molar-refractivity contribution < 1.29 is 0 Å². The van der Waals surface area contributed by atoms with Crippen molar-refractivity contribution in [2.75, 3.05) is 25.5 Å². The Balaban J connectivity index is 2.90. The molecule has 0 aromatic heterocycles. The van der Waals surface area contributed by atoms with Crippen molar-refractivity contribution in [3.05, 3.63) is 28.8 Å². The van der Waals surface area contributed by atoms with Gasteiger partial charge in [0.1, 0.15) is 0 Å². The molecule has 1 N–H and O–H groups in total. The van der Waals surface area contributed by atoms with Gasteiger partial charge in [0.25, 0.3) is 0 Å². The topological polar surface area (TPSA) is 15.3 Å². The molecule has 1 rings (SSSR count). The highest BCUT2D eigenvalue weighted by atomic mass is 35.5. The van der Waals surface area contributed by atoms with Crippen molar-refractivity contribution in [2.24, 2.45) is 5.41 Å². The first-order valence-electron chi connectivity index (χ1n) is 6.42. The number of hydrogen-bond acceptors (Lipinski definition) is 2. The van der Waals surface area contributed by atoms with Gasteiger partial charge >= 0.3 is 0 Å². The van der Waals surface area contributed by atoms with Gasteiger partial charge in [0.05, 0.1) is 0 Å². The van der Waals surface area contributed by atoms with Gasteiger partial charge in [-0.2, -0.15) is 0 Å². The van der Waals surface area contributed by atoms with Crippen molar-refractivity contribution in [3.63, 3.8) is 0 Å². The van der Waals surface area contributed by atoms with Gasteiger partial charge in [0, 0.05) is 30.3 Å². The normalized spacial score (nSPS) is 13.5. The first-order valence-corrected chi connectivity index (χ1v) is 6.80. The number of rotatable bonds is 4. The lowest BCUT2D eigenvalue weighted by Gasteiger charge is -2.28. The molecule has 3 heteroatoms. The van der Waals surface area contributed by atoms with Crippen LogP contribution in [0.25, 0.3) is 0 Å². The van der Waals surface area contributed by atoms with E-state index in [1.807, 2.05) is 7.05 Å². The molecule has 0 radical (unpaired) electrons. The summed E-state index contributed by atoms with van der Waals surface area (Å²) in [5.74, 6) is 0. The van der Waals surface area contributed by atoms with Gasteiger partial charge in [-0.3, -0.25) is 0 Å². The molecule has 102 valence electrons. The Morgan fingerprint density at radius 1 is 1.33 bits per heavy atom. The first kappa shape index (κ1) is 15.3. The fourth-order valence-corrected chi connectivity index (χ4v) is 2.40. The minimum absolute atomic E-state index is 0.276. The standard InChI is InChI=1S/C15H25ClN2/c1-11(17-5)13-8-7-12(9-14(13)16)18(6)10-15(2,3)4/h7-9,11,17H,10H2,1-6H3. The minimum Gasteiger partial charge on any atom is -0.374 e. The fraction of sp³-hybridized carbons (Fsp3) is 0.600. The van der Waals surface area contributed by atoms with Gasteiger partial charge in [-0.1, -0.05) is 38.4 Å². The van der Waals surface area contributed by atoms with Crippen molar-refractivity contribution in [2.45, 2.75) is 33.7 Å². The predicted octanol–water partition coefficient (Wildman–Crippen LogP) is 4.10. The highest BCUT2D eigenvalue weighted by Gasteiger charge is 2.15. The van der Waals surface area contributed by atoms with E-state index in [2.05, 4.69) is 63.2 Å². The lowest BCUT2D eigenvalue weighted by atomic mass is 9.96. The van der Waals surface area contributed by atoms with Crippen molar-refractivity contribution in [1.29, 1.82) is 0 Å². The molecule has 0 aliphatic heterocycles. The van der Waals surface area contributed by atoms with Crippen LogP contribution in [0.15, 0.2) is 18.2 Å². The summed E-state index contributed by atoms with van der Waals surface area (Å²) in [7, 11) is 4.05. The molecule has 0 saturated carbocycles. The number of benzene rings is 1.